The molecule has 1 aromatic rings. The average Bonchev–Trinajstić information content (AvgIpc) is 2.90. The highest BCUT2D eigenvalue weighted by atomic mass is 79.9. The molecule has 0 bridgehead atoms. The second-order valence-electron chi connectivity index (χ2n) is 5.37. The lowest BCUT2D eigenvalue weighted by Gasteiger charge is -2.13. The molecule has 116 valence electrons. The first kappa shape index (κ1) is 16.5. The molecule has 1 saturated carbocycles. The third kappa shape index (κ3) is 4.05. The van der Waals surface area contributed by atoms with Gasteiger partial charge in [0, 0.05) is 4.47 Å². The van der Waals surface area contributed by atoms with Gasteiger partial charge < -0.3 is 4.74 Å². The van der Waals surface area contributed by atoms with Crippen molar-refractivity contribution in [3.05, 3.63) is 27.7 Å². The molecule has 0 heterocycles. The molecule has 0 radical (unpaired) electrons. The average molecular weight is 376 g/mol. The SMILES string of the molecule is Cc1c(C(=O)OCC2CCCC2)cc(Br)cc1S(N)(=O)=O. The summed E-state index contributed by atoms with van der Waals surface area (Å²) in [5.74, 6) is -0.0929. The van der Waals surface area contributed by atoms with Crippen LogP contribution >= 0.6 is 15.9 Å². The minimum absolute atomic E-state index is 0.0651. The Labute approximate surface area is 133 Å². The Morgan fingerprint density at radius 2 is 2.00 bits per heavy atom. The van der Waals surface area contributed by atoms with Gasteiger partial charge >= 0.3 is 5.97 Å². The second kappa shape index (κ2) is 6.46. The van der Waals surface area contributed by atoms with Gasteiger partial charge in [-0.25, -0.2) is 18.4 Å². The molecule has 0 aliphatic heterocycles. The third-order valence-electron chi connectivity index (χ3n) is 3.78. The van der Waals surface area contributed by atoms with Gasteiger partial charge in [0.05, 0.1) is 17.1 Å². The van der Waals surface area contributed by atoms with Gasteiger partial charge in [-0.05, 0) is 43.4 Å². The molecule has 1 fully saturated rings. The molecule has 2 N–H and O–H groups in total. The minimum atomic E-state index is -3.88. The van der Waals surface area contributed by atoms with E-state index in [0.717, 1.165) is 12.8 Å². The van der Waals surface area contributed by atoms with Gasteiger partial charge in [0.1, 0.15) is 0 Å². The van der Waals surface area contributed by atoms with E-state index in [-0.39, 0.29) is 10.5 Å². The van der Waals surface area contributed by atoms with Gasteiger partial charge in [-0.1, -0.05) is 28.8 Å². The zero-order chi connectivity index (χ0) is 15.6. The Balaban J connectivity index is 2.22. The van der Waals surface area contributed by atoms with Crippen LogP contribution in [0.5, 0.6) is 0 Å². The molecule has 1 aliphatic carbocycles. The van der Waals surface area contributed by atoms with Crippen LogP contribution in [-0.2, 0) is 14.8 Å². The Hall–Kier alpha value is -0.920. The lowest BCUT2D eigenvalue weighted by atomic mass is 10.1. The van der Waals surface area contributed by atoms with E-state index in [2.05, 4.69) is 15.9 Å². The summed E-state index contributed by atoms with van der Waals surface area (Å²) in [6, 6.07) is 2.94. The van der Waals surface area contributed by atoms with E-state index in [9.17, 15) is 13.2 Å². The Kier molecular flexibility index (Phi) is 5.06. The van der Waals surface area contributed by atoms with Crippen molar-refractivity contribution >= 4 is 31.9 Å². The number of sulfonamides is 1. The second-order valence-corrected chi connectivity index (χ2v) is 7.82. The number of nitrogens with two attached hydrogens (primary N) is 1. The van der Waals surface area contributed by atoms with E-state index < -0.39 is 16.0 Å². The summed E-state index contributed by atoms with van der Waals surface area (Å²) in [7, 11) is -3.88. The van der Waals surface area contributed by atoms with Crippen LogP contribution in [0, 0.1) is 12.8 Å². The zero-order valence-corrected chi connectivity index (χ0v) is 14.2. The van der Waals surface area contributed by atoms with E-state index >= 15 is 0 Å². The molecule has 5 nitrogen and oxygen atoms in total. The van der Waals surface area contributed by atoms with E-state index in [0.29, 0.717) is 22.6 Å². The van der Waals surface area contributed by atoms with E-state index in [1.54, 1.807) is 13.0 Å². The molecule has 0 atom stereocenters. The molecule has 1 aromatic carbocycles. The summed E-state index contributed by atoms with van der Waals surface area (Å²) in [6.07, 6.45) is 4.50. The molecular weight excluding hydrogens is 358 g/mol. The van der Waals surface area contributed by atoms with Crippen molar-refractivity contribution in [1.82, 2.24) is 0 Å². The molecule has 0 saturated heterocycles. The van der Waals surface area contributed by atoms with Gasteiger partial charge in [-0.3, -0.25) is 0 Å². The number of carbonyl (C=O) groups is 1. The smallest absolute Gasteiger partial charge is 0.338 e. The monoisotopic (exact) mass is 375 g/mol. The van der Waals surface area contributed by atoms with Crippen molar-refractivity contribution < 1.29 is 17.9 Å². The lowest BCUT2D eigenvalue weighted by Crippen LogP contribution is -2.18. The normalized spacial score (nSPS) is 16.1. The van der Waals surface area contributed by atoms with Crippen molar-refractivity contribution in [2.75, 3.05) is 6.61 Å². The van der Waals surface area contributed by atoms with E-state index in [1.807, 2.05) is 0 Å². The number of ether oxygens (including phenoxy) is 1. The molecule has 1 aliphatic rings. The number of halogens is 1. The van der Waals surface area contributed by atoms with Crippen LogP contribution in [0.1, 0.15) is 41.6 Å². The predicted octanol–water partition coefficient (Wildman–Crippen LogP) is 2.75. The van der Waals surface area contributed by atoms with Crippen molar-refractivity contribution in [3.63, 3.8) is 0 Å². The minimum Gasteiger partial charge on any atom is -0.462 e. The lowest BCUT2D eigenvalue weighted by molar-refractivity contribution is 0.0441. The predicted molar refractivity (Wildman–Crippen MR) is 82.5 cm³/mol. The molecule has 0 amide bonds. The number of hydrogen-bond donors (Lipinski definition) is 1. The Morgan fingerprint density at radius 3 is 2.57 bits per heavy atom. The van der Waals surface area contributed by atoms with Crippen molar-refractivity contribution in [1.29, 1.82) is 0 Å². The molecule has 0 spiro atoms. The van der Waals surface area contributed by atoms with E-state index in [4.69, 9.17) is 9.88 Å². The highest BCUT2D eigenvalue weighted by Gasteiger charge is 2.22. The zero-order valence-electron chi connectivity index (χ0n) is 11.8. The van der Waals surface area contributed by atoms with Crippen molar-refractivity contribution in [2.24, 2.45) is 11.1 Å². The number of benzene rings is 1. The van der Waals surface area contributed by atoms with Gasteiger partial charge in [-0.2, -0.15) is 0 Å². The highest BCUT2D eigenvalue weighted by Crippen LogP contribution is 2.27. The summed E-state index contributed by atoms with van der Waals surface area (Å²) in [5.41, 5.74) is 0.545. The van der Waals surface area contributed by atoms with Gasteiger partial charge in [-0.15, -0.1) is 0 Å². The first-order valence-corrected chi connectivity index (χ1v) is 9.13. The largest absolute Gasteiger partial charge is 0.462 e. The maximum absolute atomic E-state index is 12.2. The summed E-state index contributed by atoms with van der Waals surface area (Å²) in [5, 5.41) is 5.17. The summed E-state index contributed by atoms with van der Waals surface area (Å²) >= 11 is 3.20. The maximum atomic E-state index is 12.2. The van der Waals surface area contributed by atoms with Crippen LogP contribution in [0.2, 0.25) is 0 Å². The summed E-state index contributed by atoms with van der Waals surface area (Å²) in [4.78, 5) is 12.1. The fraction of sp³-hybridized carbons (Fsp3) is 0.500. The topological polar surface area (TPSA) is 86.5 Å². The molecule has 7 heteroatoms. The number of primary sulfonamides is 1. The van der Waals surface area contributed by atoms with Crippen LogP contribution in [0.3, 0.4) is 0 Å². The number of esters is 1. The van der Waals surface area contributed by atoms with E-state index in [1.165, 1.54) is 18.9 Å². The van der Waals surface area contributed by atoms with Crippen LogP contribution in [-0.4, -0.2) is 21.0 Å². The third-order valence-corrected chi connectivity index (χ3v) is 5.27. The molecular formula is C14H18BrNO4S. The van der Waals surface area contributed by atoms with Crippen LogP contribution in [0.15, 0.2) is 21.5 Å². The van der Waals surface area contributed by atoms with Gasteiger partial charge in [0.15, 0.2) is 0 Å². The molecule has 0 unspecified atom stereocenters. The van der Waals surface area contributed by atoms with Crippen LogP contribution in [0.25, 0.3) is 0 Å². The van der Waals surface area contributed by atoms with Crippen LogP contribution < -0.4 is 5.14 Å². The molecule has 21 heavy (non-hydrogen) atoms. The van der Waals surface area contributed by atoms with Crippen molar-refractivity contribution in [2.45, 2.75) is 37.5 Å². The fourth-order valence-corrected chi connectivity index (χ4v) is 4.05. The van der Waals surface area contributed by atoms with Gasteiger partial charge in [0.25, 0.3) is 0 Å². The summed E-state index contributed by atoms with van der Waals surface area (Å²) < 4.78 is 28.9. The van der Waals surface area contributed by atoms with Crippen molar-refractivity contribution in [3.8, 4) is 0 Å². The first-order valence-electron chi connectivity index (χ1n) is 6.79. The molecule has 2 rings (SSSR count). The Morgan fingerprint density at radius 1 is 1.38 bits per heavy atom. The molecule has 0 aromatic heterocycles. The standard InChI is InChI=1S/C14H18BrNO4S/c1-9-12(6-11(15)7-13(9)21(16,18)19)14(17)20-8-10-4-2-3-5-10/h6-7,10H,2-5,8H2,1H3,(H2,16,18,19). The highest BCUT2D eigenvalue weighted by molar-refractivity contribution is 9.10. The van der Waals surface area contributed by atoms with Gasteiger partial charge in [0.2, 0.25) is 10.0 Å². The van der Waals surface area contributed by atoms with Crippen LogP contribution in [0.4, 0.5) is 0 Å². The Bertz CT molecular complexity index is 651. The number of hydrogen-bond acceptors (Lipinski definition) is 4. The number of carbonyl (C=O) groups excluding carboxylic acids is 1. The fourth-order valence-electron chi connectivity index (χ4n) is 2.61. The quantitative estimate of drug-likeness (QED) is 0.819. The number of rotatable bonds is 4. The maximum Gasteiger partial charge on any atom is 0.338 e. The summed E-state index contributed by atoms with van der Waals surface area (Å²) in [6.45, 7) is 1.94. The first-order chi connectivity index (χ1) is 9.79.